The molecule has 166 valence electrons. The highest BCUT2D eigenvalue weighted by Crippen LogP contribution is 2.34. The summed E-state index contributed by atoms with van der Waals surface area (Å²) in [6, 6.07) is 17.1. The van der Waals surface area contributed by atoms with Crippen LogP contribution in [-0.4, -0.2) is 54.6 Å². The number of carbonyl (C=O) groups excluding carboxylic acids is 1. The predicted molar refractivity (Wildman–Crippen MR) is 127 cm³/mol. The van der Waals surface area contributed by atoms with Crippen LogP contribution in [0.5, 0.6) is 5.75 Å². The molecule has 2 heterocycles. The molecule has 0 N–H and O–H groups in total. The van der Waals surface area contributed by atoms with Crippen molar-refractivity contribution >= 4 is 23.5 Å². The monoisotopic (exact) mass is 450 g/mol. The number of aromatic nitrogens is 2. The van der Waals surface area contributed by atoms with Gasteiger partial charge in [-0.15, -0.1) is 0 Å². The van der Waals surface area contributed by atoms with Gasteiger partial charge in [-0.3, -0.25) is 4.79 Å². The second-order valence-corrected chi connectivity index (χ2v) is 8.59. The lowest BCUT2D eigenvalue weighted by Gasteiger charge is -2.33. The van der Waals surface area contributed by atoms with Crippen LogP contribution in [0.2, 0.25) is 5.02 Å². The van der Waals surface area contributed by atoms with Gasteiger partial charge in [0.15, 0.2) is 6.61 Å². The SMILES string of the molecule is CN(C)c1ncc(-c2ccc(Cl)cc2)c([C@H]2CCCN(C(=O)COc3ccccc3)C2)n1. The number of halogens is 1. The van der Waals surface area contributed by atoms with Crippen molar-refractivity contribution in [2.24, 2.45) is 0 Å². The smallest absolute Gasteiger partial charge is 0.260 e. The van der Waals surface area contributed by atoms with Crippen molar-refractivity contribution in [2.45, 2.75) is 18.8 Å². The molecule has 0 radical (unpaired) electrons. The molecule has 0 bridgehead atoms. The second-order valence-electron chi connectivity index (χ2n) is 8.15. The van der Waals surface area contributed by atoms with E-state index in [2.05, 4.69) is 4.98 Å². The number of anilines is 1. The van der Waals surface area contributed by atoms with Crippen LogP contribution < -0.4 is 9.64 Å². The van der Waals surface area contributed by atoms with E-state index in [4.69, 9.17) is 21.3 Å². The van der Waals surface area contributed by atoms with Gasteiger partial charge in [0.05, 0.1) is 5.69 Å². The molecule has 0 aliphatic carbocycles. The standard InChI is InChI=1S/C25H27ClN4O2/c1-29(2)25-27-15-22(18-10-12-20(26)13-11-18)24(28-25)19-7-6-14-30(16-19)23(31)17-32-21-8-4-3-5-9-21/h3-5,8-13,15,19H,6-7,14,16-17H2,1-2H3/t19-/m0/s1. The van der Waals surface area contributed by atoms with Gasteiger partial charge in [-0.05, 0) is 42.7 Å². The lowest BCUT2D eigenvalue weighted by atomic mass is 9.90. The molecule has 32 heavy (non-hydrogen) atoms. The van der Waals surface area contributed by atoms with Gasteiger partial charge in [0, 0.05) is 49.9 Å². The van der Waals surface area contributed by atoms with Crippen molar-refractivity contribution in [1.29, 1.82) is 0 Å². The van der Waals surface area contributed by atoms with Gasteiger partial charge < -0.3 is 14.5 Å². The number of ether oxygens (including phenoxy) is 1. The van der Waals surface area contributed by atoms with Crippen LogP contribution >= 0.6 is 11.6 Å². The summed E-state index contributed by atoms with van der Waals surface area (Å²) in [4.78, 5) is 26.1. The van der Waals surface area contributed by atoms with E-state index in [9.17, 15) is 4.79 Å². The third-order valence-electron chi connectivity index (χ3n) is 5.63. The first-order chi connectivity index (χ1) is 15.5. The highest BCUT2D eigenvalue weighted by Gasteiger charge is 2.28. The summed E-state index contributed by atoms with van der Waals surface area (Å²) in [5.41, 5.74) is 2.96. The minimum Gasteiger partial charge on any atom is -0.484 e. The molecule has 0 spiro atoms. The number of hydrogen-bond acceptors (Lipinski definition) is 5. The van der Waals surface area contributed by atoms with Crippen molar-refractivity contribution in [1.82, 2.24) is 14.9 Å². The number of hydrogen-bond donors (Lipinski definition) is 0. The summed E-state index contributed by atoms with van der Waals surface area (Å²) in [6.07, 6.45) is 3.76. The Hall–Kier alpha value is -3.12. The van der Waals surface area contributed by atoms with Crippen LogP contribution in [0, 0.1) is 0 Å². The van der Waals surface area contributed by atoms with E-state index in [1.807, 2.05) is 84.7 Å². The minimum absolute atomic E-state index is 0.00603. The molecule has 1 atom stereocenters. The molecule has 7 heteroatoms. The lowest BCUT2D eigenvalue weighted by Crippen LogP contribution is -2.41. The largest absolute Gasteiger partial charge is 0.484 e. The maximum Gasteiger partial charge on any atom is 0.260 e. The fourth-order valence-electron chi connectivity index (χ4n) is 3.94. The third-order valence-corrected chi connectivity index (χ3v) is 5.88. The summed E-state index contributed by atoms with van der Waals surface area (Å²) in [5.74, 6) is 1.48. The molecule has 1 saturated heterocycles. The Morgan fingerprint density at radius 1 is 1.16 bits per heavy atom. The van der Waals surface area contributed by atoms with Crippen LogP contribution in [0.1, 0.15) is 24.5 Å². The van der Waals surface area contributed by atoms with Gasteiger partial charge in [-0.1, -0.05) is 41.9 Å². The molecule has 1 aliphatic heterocycles. The maximum absolute atomic E-state index is 12.9. The number of piperidine rings is 1. The molecule has 4 rings (SSSR count). The summed E-state index contributed by atoms with van der Waals surface area (Å²) >= 11 is 6.09. The Kier molecular flexibility index (Phi) is 6.90. The number of para-hydroxylation sites is 1. The van der Waals surface area contributed by atoms with E-state index in [-0.39, 0.29) is 18.4 Å². The Balaban J connectivity index is 1.55. The van der Waals surface area contributed by atoms with E-state index >= 15 is 0 Å². The number of amides is 1. The van der Waals surface area contributed by atoms with Gasteiger partial charge in [-0.25, -0.2) is 9.97 Å². The number of likely N-dealkylation sites (tertiary alicyclic amines) is 1. The van der Waals surface area contributed by atoms with Crippen LogP contribution in [0.15, 0.2) is 60.8 Å². The molecule has 1 fully saturated rings. The molecule has 2 aromatic carbocycles. The molecule has 0 saturated carbocycles. The second kappa shape index (κ2) is 10.0. The van der Waals surface area contributed by atoms with Crippen molar-refractivity contribution in [3.05, 3.63) is 71.5 Å². The third kappa shape index (κ3) is 5.19. The van der Waals surface area contributed by atoms with E-state index < -0.39 is 0 Å². The average molecular weight is 451 g/mol. The molecular formula is C25H27ClN4O2. The van der Waals surface area contributed by atoms with Crippen molar-refractivity contribution < 1.29 is 9.53 Å². The van der Waals surface area contributed by atoms with Crippen LogP contribution in [0.25, 0.3) is 11.1 Å². The Morgan fingerprint density at radius 2 is 1.91 bits per heavy atom. The number of nitrogens with zero attached hydrogens (tertiary/aromatic N) is 4. The highest BCUT2D eigenvalue weighted by atomic mass is 35.5. The Labute approximate surface area is 193 Å². The maximum atomic E-state index is 12.9. The first-order valence-corrected chi connectivity index (χ1v) is 11.1. The first kappa shape index (κ1) is 22.1. The van der Waals surface area contributed by atoms with Crippen LogP contribution in [-0.2, 0) is 4.79 Å². The zero-order valence-electron chi connectivity index (χ0n) is 18.4. The summed E-state index contributed by atoms with van der Waals surface area (Å²) in [5, 5.41) is 0.689. The predicted octanol–water partition coefficient (Wildman–Crippen LogP) is 4.65. The van der Waals surface area contributed by atoms with E-state index in [1.165, 1.54) is 0 Å². The first-order valence-electron chi connectivity index (χ1n) is 10.8. The Bertz CT molecular complexity index is 1060. The molecular weight excluding hydrogens is 424 g/mol. The fourth-order valence-corrected chi connectivity index (χ4v) is 4.07. The molecule has 1 aromatic heterocycles. The van der Waals surface area contributed by atoms with Gasteiger partial charge in [0.1, 0.15) is 5.75 Å². The topological polar surface area (TPSA) is 58.6 Å². The zero-order chi connectivity index (χ0) is 22.5. The summed E-state index contributed by atoms with van der Waals surface area (Å²) in [6.45, 7) is 1.38. The van der Waals surface area contributed by atoms with E-state index in [1.54, 1.807) is 0 Å². The van der Waals surface area contributed by atoms with Crippen LogP contribution in [0.4, 0.5) is 5.95 Å². The number of carbonyl (C=O) groups is 1. The minimum atomic E-state index is -0.00603. The van der Waals surface area contributed by atoms with E-state index in [0.29, 0.717) is 23.3 Å². The van der Waals surface area contributed by atoms with Crippen molar-refractivity contribution in [3.8, 4) is 16.9 Å². The average Bonchev–Trinajstić information content (AvgIpc) is 2.83. The van der Waals surface area contributed by atoms with Gasteiger partial charge in [-0.2, -0.15) is 0 Å². The van der Waals surface area contributed by atoms with Crippen molar-refractivity contribution in [2.75, 3.05) is 38.7 Å². The van der Waals surface area contributed by atoms with Gasteiger partial charge >= 0.3 is 0 Å². The molecule has 1 amide bonds. The van der Waals surface area contributed by atoms with E-state index in [0.717, 1.165) is 36.2 Å². The highest BCUT2D eigenvalue weighted by molar-refractivity contribution is 6.30. The molecule has 3 aromatic rings. The normalized spacial score (nSPS) is 16.0. The lowest BCUT2D eigenvalue weighted by molar-refractivity contribution is -0.134. The van der Waals surface area contributed by atoms with Crippen LogP contribution in [0.3, 0.4) is 0 Å². The molecule has 6 nitrogen and oxygen atoms in total. The summed E-state index contributed by atoms with van der Waals surface area (Å²) < 4.78 is 5.68. The zero-order valence-corrected chi connectivity index (χ0v) is 19.1. The number of rotatable bonds is 6. The molecule has 0 unspecified atom stereocenters. The summed E-state index contributed by atoms with van der Waals surface area (Å²) in [7, 11) is 3.86. The molecule has 1 aliphatic rings. The number of benzene rings is 2. The van der Waals surface area contributed by atoms with Gasteiger partial charge in [0.2, 0.25) is 5.95 Å². The Morgan fingerprint density at radius 3 is 2.62 bits per heavy atom. The van der Waals surface area contributed by atoms with Gasteiger partial charge in [0.25, 0.3) is 5.91 Å². The van der Waals surface area contributed by atoms with Crippen molar-refractivity contribution in [3.63, 3.8) is 0 Å². The quantitative estimate of drug-likeness (QED) is 0.547. The fraction of sp³-hybridized carbons (Fsp3) is 0.320.